The van der Waals surface area contributed by atoms with E-state index in [-0.39, 0.29) is 0 Å². The number of nitrogens with one attached hydrogen (secondary N) is 1. The van der Waals surface area contributed by atoms with Crippen molar-refractivity contribution >= 4 is 11.7 Å². The summed E-state index contributed by atoms with van der Waals surface area (Å²) in [4.78, 5) is 12.2. The van der Waals surface area contributed by atoms with Crippen molar-refractivity contribution in [2.24, 2.45) is 0 Å². The molecular formula is C22H29N2O2+. The van der Waals surface area contributed by atoms with Crippen molar-refractivity contribution in [2.75, 3.05) is 6.61 Å². The average molecular weight is 353 g/mol. The lowest BCUT2D eigenvalue weighted by atomic mass is 9.92. The maximum absolute atomic E-state index is 12.2. The minimum absolute atomic E-state index is 0.329. The first-order valence-corrected chi connectivity index (χ1v) is 9.02. The molecule has 1 aromatic heterocycles. The van der Waals surface area contributed by atoms with Gasteiger partial charge in [-0.3, -0.25) is 0 Å². The molecule has 26 heavy (non-hydrogen) atoms. The molecule has 4 nitrogen and oxygen atoms in total. The number of carbonyl (C=O) groups excluding carboxylic acids is 1. The standard InChI is InChI=1S/C22H28N2O2/c1-6-20-12-7-8-13-24(20)14-15-26-21(25)23-22(4,5)19-11-9-10-18(16-19)17(2)3/h7-13,16H,2,6,14-15H2,1,3-5H3/p+1. The molecule has 1 aromatic carbocycles. The van der Waals surface area contributed by atoms with Gasteiger partial charge in [0.15, 0.2) is 25.0 Å². The highest BCUT2D eigenvalue weighted by Gasteiger charge is 2.24. The molecule has 0 aliphatic heterocycles. The molecule has 0 saturated carbocycles. The summed E-state index contributed by atoms with van der Waals surface area (Å²) in [7, 11) is 0. The SMILES string of the molecule is C=C(C)c1cccc(C(C)(C)NC(=O)OCC[n+]2ccccc2CC)c1. The molecule has 0 aliphatic rings. The van der Waals surface area contributed by atoms with Crippen molar-refractivity contribution in [1.82, 2.24) is 5.32 Å². The summed E-state index contributed by atoms with van der Waals surface area (Å²) in [5.74, 6) is 0. The number of amides is 1. The minimum Gasteiger partial charge on any atom is -0.443 e. The number of allylic oxidation sites excluding steroid dienone is 1. The highest BCUT2D eigenvalue weighted by molar-refractivity contribution is 5.69. The summed E-state index contributed by atoms with van der Waals surface area (Å²) in [5, 5.41) is 2.95. The predicted octanol–water partition coefficient (Wildman–Crippen LogP) is 4.23. The number of pyridine rings is 1. The van der Waals surface area contributed by atoms with Crippen LogP contribution in [0.5, 0.6) is 0 Å². The summed E-state index contributed by atoms with van der Waals surface area (Å²) in [6, 6.07) is 14.1. The lowest BCUT2D eigenvalue weighted by Crippen LogP contribution is -2.44. The summed E-state index contributed by atoms with van der Waals surface area (Å²) in [6.07, 6.45) is 2.54. The number of aryl methyl sites for hydroxylation is 1. The fraction of sp³-hybridized carbons (Fsp3) is 0.364. The summed E-state index contributed by atoms with van der Waals surface area (Å²) in [6.45, 7) is 13.0. The van der Waals surface area contributed by atoms with Crippen molar-refractivity contribution in [3.63, 3.8) is 0 Å². The van der Waals surface area contributed by atoms with Gasteiger partial charge in [-0.15, -0.1) is 0 Å². The molecule has 138 valence electrons. The van der Waals surface area contributed by atoms with Crippen LogP contribution in [0, 0.1) is 0 Å². The van der Waals surface area contributed by atoms with E-state index in [2.05, 4.69) is 35.5 Å². The summed E-state index contributed by atoms with van der Waals surface area (Å²) < 4.78 is 7.50. The zero-order chi connectivity index (χ0) is 19.2. The number of aromatic nitrogens is 1. The normalized spacial score (nSPS) is 11.1. The molecule has 2 aromatic rings. The Labute approximate surface area is 156 Å². The van der Waals surface area contributed by atoms with E-state index < -0.39 is 11.6 Å². The van der Waals surface area contributed by atoms with Gasteiger partial charge in [-0.1, -0.05) is 43.3 Å². The zero-order valence-electron chi connectivity index (χ0n) is 16.2. The van der Waals surface area contributed by atoms with Crippen LogP contribution in [0.15, 0.2) is 55.2 Å². The van der Waals surface area contributed by atoms with Gasteiger partial charge in [-0.2, -0.15) is 4.57 Å². The Kier molecular flexibility index (Phi) is 6.56. The Hall–Kier alpha value is -2.62. The molecule has 0 fully saturated rings. The van der Waals surface area contributed by atoms with Gasteiger partial charge in [-0.25, -0.2) is 4.79 Å². The topological polar surface area (TPSA) is 42.2 Å². The van der Waals surface area contributed by atoms with E-state index in [9.17, 15) is 4.79 Å². The second kappa shape index (κ2) is 8.65. The van der Waals surface area contributed by atoms with Crippen LogP contribution >= 0.6 is 0 Å². The number of benzene rings is 1. The van der Waals surface area contributed by atoms with Crippen molar-refractivity contribution in [3.05, 3.63) is 72.1 Å². The van der Waals surface area contributed by atoms with Crippen LogP contribution in [0.4, 0.5) is 4.79 Å². The molecule has 2 rings (SSSR count). The van der Waals surface area contributed by atoms with Gasteiger partial charge in [0.25, 0.3) is 0 Å². The Morgan fingerprint density at radius 1 is 1.23 bits per heavy atom. The fourth-order valence-electron chi connectivity index (χ4n) is 2.82. The number of hydrogen-bond donors (Lipinski definition) is 1. The van der Waals surface area contributed by atoms with E-state index in [4.69, 9.17) is 4.74 Å². The smallest absolute Gasteiger partial charge is 0.408 e. The first-order chi connectivity index (χ1) is 12.3. The molecule has 0 radical (unpaired) electrons. The van der Waals surface area contributed by atoms with Gasteiger partial charge < -0.3 is 10.1 Å². The summed E-state index contributed by atoms with van der Waals surface area (Å²) >= 11 is 0. The number of nitrogens with zero attached hydrogens (tertiary/aromatic N) is 1. The Bertz CT molecular complexity index is 781. The number of rotatable bonds is 7. The van der Waals surface area contributed by atoms with E-state index in [1.807, 2.05) is 57.3 Å². The molecule has 1 heterocycles. The largest absolute Gasteiger partial charge is 0.443 e. The van der Waals surface area contributed by atoms with E-state index in [1.165, 1.54) is 5.69 Å². The van der Waals surface area contributed by atoms with Gasteiger partial charge in [0.05, 0.1) is 5.54 Å². The van der Waals surface area contributed by atoms with Crippen LogP contribution in [0.1, 0.15) is 44.5 Å². The maximum atomic E-state index is 12.2. The first kappa shape index (κ1) is 19.7. The Morgan fingerprint density at radius 3 is 2.69 bits per heavy atom. The maximum Gasteiger partial charge on any atom is 0.408 e. The molecule has 0 spiro atoms. The van der Waals surface area contributed by atoms with E-state index in [0.29, 0.717) is 13.2 Å². The lowest BCUT2D eigenvalue weighted by Gasteiger charge is -2.27. The predicted molar refractivity (Wildman–Crippen MR) is 105 cm³/mol. The Balaban J connectivity index is 1.94. The molecule has 0 aliphatic carbocycles. The molecule has 0 atom stereocenters. The van der Waals surface area contributed by atoms with Gasteiger partial charge >= 0.3 is 6.09 Å². The van der Waals surface area contributed by atoms with Crippen molar-refractivity contribution in [1.29, 1.82) is 0 Å². The average Bonchev–Trinajstić information content (AvgIpc) is 2.61. The third-order valence-corrected chi connectivity index (χ3v) is 4.45. The highest BCUT2D eigenvalue weighted by atomic mass is 16.5. The van der Waals surface area contributed by atoms with Crippen LogP contribution in [0.2, 0.25) is 0 Å². The zero-order valence-corrected chi connectivity index (χ0v) is 16.2. The van der Waals surface area contributed by atoms with Crippen LogP contribution < -0.4 is 9.88 Å². The molecular weight excluding hydrogens is 324 g/mol. The van der Waals surface area contributed by atoms with E-state index >= 15 is 0 Å². The van der Waals surface area contributed by atoms with E-state index in [1.54, 1.807) is 0 Å². The van der Waals surface area contributed by atoms with Crippen LogP contribution in [-0.4, -0.2) is 12.7 Å². The second-order valence-electron chi connectivity index (χ2n) is 6.99. The molecule has 1 amide bonds. The molecule has 1 N–H and O–H groups in total. The summed E-state index contributed by atoms with van der Waals surface area (Å²) in [5.41, 5.74) is 3.76. The molecule has 0 unspecified atom stereocenters. The van der Waals surface area contributed by atoms with Crippen LogP contribution in [0.3, 0.4) is 0 Å². The van der Waals surface area contributed by atoms with Crippen molar-refractivity contribution < 1.29 is 14.1 Å². The van der Waals surface area contributed by atoms with E-state index in [0.717, 1.165) is 23.1 Å². The number of hydrogen-bond acceptors (Lipinski definition) is 2. The minimum atomic E-state index is -0.531. The van der Waals surface area contributed by atoms with Crippen LogP contribution in [-0.2, 0) is 23.2 Å². The van der Waals surface area contributed by atoms with Gasteiger partial charge in [0, 0.05) is 18.6 Å². The van der Waals surface area contributed by atoms with Crippen molar-refractivity contribution in [3.8, 4) is 0 Å². The quantitative estimate of drug-likeness (QED) is 0.757. The molecule has 4 heteroatoms. The second-order valence-corrected chi connectivity index (χ2v) is 6.99. The molecule has 0 saturated heterocycles. The van der Waals surface area contributed by atoms with Gasteiger partial charge in [0.1, 0.15) is 0 Å². The molecule has 0 bridgehead atoms. The highest BCUT2D eigenvalue weighted by Crippen LogP contribution is 2.23. The van der Waals surface area contributed by atoms with Crippen LogP contribution in [0.25, 0.3) is 5.57 Å². The third kappa shape index (κ3) is 5.19. The van der Waals surface area contributed by atoms with Crippen molar-refractivity contribution in [2.45, 2.75) is 46.2 Å². The lowest BCUT2D eigenvalue weighted by molar-refractivity contribution is -0.704. The monoisotopic (exact) mass is 353 g/mol. The number of alkyl carbamates (subject to hydrolysis) is 1. The number of carbonyl (C=O) groups is 1. The number of ether oxygens (including phenoxy) is 1. The van der Waals surface area contributed by atoms with Gasteiger partial charge in [-0.05, 0) is 38.0 Å². The van der Waals surface area contributed by atoms with Gasteiger partial charge in [0.2, 0.25) is 0 Å². The Morgan fingerprint density at radius 2 is 2.00 bits per heavy atom. The third-order valence-electron chi connectivity index (χ3n) is 4.45. The first-order valence-electron chi connectivity index (χ1n) is 9.02. The fourth-order valence-corrected chi connectivity index (χ4v) is 2.82.